The van der Waals surface area contributed by atoms with E-state index in [9.17, 15) is 4.79 Å². The maximum absolute atomic E-state index is 11.9. The molecule has 0 aliphatic rings. The number of aliphatic hydroxyl groups is 1. The Balaban J connectivity index is 2.69. The second kappa shape index (κ2) is 8.66. The average Bonchev–Trinajstić information content (AvgIpc) is 2.41. The molecular weight excluding hydrogens is 280 g/mol. The predicted molar refractivity (Wildman–Crippen MR) is 80.6 cm³/mol. The molecule has 0 heterocycles. The molecule has 1 aromatic carbocycles. The van der Waals surface area contributed by atoms with Crippen LogP contribution in [-0.4, -0.2) is 30.4 Å². The van der Waals surface area contributed by atoms with Crippen molar-refractivity contribution >= 4 is 23.3 Å². The second-order valence-electron chi connectivity index (χ2n) is 4.29. The molecule has 6 heteroatoms. The summed E-state index contributed by atoms with van der Waals surface area (Å²) in [6, 6.07) is 4.66. The quantitative estimate of drug-likeness (QED) is 0.725. The zero-order valence-corrected chi connectivity index (χ0v) is 12.5. The lowest BCUT2D eigenvalue weighted by molar-refractivity contribution is 0.237. The van der Waals surface area contributed by atoms with Gasteiger partial charge in [-0.25, -0.2) is 4.79 Å². The van der Waals surface area contributed by atoms with Crippen LogP contribution in [0.3, 0.4) is 0 Å². The van der Waals surface area contributed by atoms with Crippen LogP contribution in [0.5, 0.6) is 5.75 Å². The van der Waals surface area contributed by atoms with E-state index in [0.29, 0.717) is 29.5 Å². The number of hydrogen-bond donors (Lipinski definition) is 3. The summed E-state index contributed by atoms with van der Waals surface area (Å²) < 4.78 is 5.43. The van der Waals surface area contributed by atoms with Gasteiger partial charge in [0, 0.05) is 23.7 Å². The molecule has 20 heavy (non-hydrogen) atoms. The lowest BCUT2D eigenvalue weighted by Crippen LogP contribution is -2.38. The van der Waals surface area contributed by atoms with Gasteiger partial charge in [0.2, 0.25) is 0 Å². The minimum atomic E-state index is -0.325. The zero-order valence-electron chi connectivity index (χ0n) is 11.8. The van der Waals surface area contributed by atoms with Crippen LogP contribution in [-0.2, 0) is 0 Å². The summed E-state index contributed by atoms with van der Waals surface area (Å²) >= 11 is 5.90. The van der Waals surface area contributed by atoms with Gasteiger partial charge in [0.1, 0.15) is 5.75 Å². The highest BCUT2D eigenvalue weighted by Crippen LogP contribution is 2.28. The van der Waals surface area contributed by atoms with E-state index >= 15 is 0 Å². The Kier molecular flexibility index (Phi) is 7.18. The Morgan fingerprint density at radius 2 is 2.20 bits per heavy atom. The van der Waals surface area contributed by atoms with Crippen molar-refractivity contribution in [1.82, 2.24) is 5.32 Å². The molecule has 3 N–H and O–H groups in total. The lowest BCUT2D eigenvalue weighted by Gasteiger charge is -2.17. The molecule has 1 rings (SSSR count). The van der Waals surface area contributed by atoms with Crippen LogP contribution in [0, 0.1) is 0 Å². The third-order valence-corrected chi connectivity index (χ3v) is 3.03. The van der Waals surface area contributed by atoms with E-state index in [0.717, 1.165) is 6.42 Å². The molecule has 1 unspecified atom stereocenters. The number of benzene rings is 1. The van der Waals surface area contributed by atoms with Crippen LogP contribution < -0.4 is 15.4 Å². The number of hydrogen-bond acceptors (Lipinski definition) is 3. The molecule has 1 aromatic rings. The summed E-state index contributed by atoms with van der Waals surface area (Å²) in [6.07, 6.45) is 1.29. The average molecular weight is 301 g/mol. The molecule has 112 valence electrons. The van der Waals surface area contributed by atoms with Crippen molar-refractivity contribution in [2.75, 3.05) is 18.5 Å². The Bertz CT molecular complexity index is 440. The molecule has 1 atom stereocenters. The molecule has 0 bridgehead atoms. The second-order valence-corrected chi connectivity index (χ2v) is 4.73. The van der Waals surface area contributed by atoms with E-state index in [1.54, 1.807) is 18.2 Å². The normalized spacial score (nSPS) is 11.8. The van der Waals surface area contributed by atoms with Gasteiger partial charge in [0.05, 0.1) is 12.3 Å². The smallest absolute Gasteiger partial charge is 0.319 e. The fraction of sp³-hybridized carbons (Fsp3) is 0.500. The van der Waals surface area contributed by atoms with E-state index in [1.807, 2.05) is 13.8 Å². The zero-order chi connectivity index (χ0) is 15.0. The Hall–Kier alpha value is -1.46. The highest BCUT2D eigenvalue weighted by molar-refractivity contribution is 6.30. The van der Waals surface area contributed by atoms with Crippen LogP contribution >= 0.6 is 11.6 Å². The summed E-state index contributed by atoms with van der Waals surface area (Å²) in [5.74, 6) is 0.533. The van der Waals surface area contributed by atoms with Crippen LogP contribution in [0.15, 0.2) is 18.2 Å². The number of ether oxygens (including phenoxy) is 1. The molecule has 0 aliphatic carbocycles. The van der Waals surface area contributed by atoms with Crippen molar-refractivity contribution < 1.29 is 14.6 Å². The number of amides is 2. The first-order valence-corrected chi connectivity index (χ1v) is 7.09. The van der Waals surface area contributed by atoms with Crippen LogP contribution in [0.4, 0.5) is 10.5 Å². The van der Waals surface area contributed by atoms with Crippen LogP contribution in [0.25, 0.3) is 0 Å². The fourth-order valence-corrected chi connectivity index (χ4v) is 1.91. The summed E-state index contributed by atoms with van der Waals surface area (Å²) in [4.78, 5) is 11.9. The molecule has 0 fully saturated rings. The van der Waals surface area contributed by atoms with Gasteiger partial charge >= 0.3 is 6.03 Å². The van der Waals surface area contributed by atoms with Crippen molar-refractivity contribution in [2.24, 2.45) is 0 Å². The van der Waals surface area contributed by atoms with E-state index in [4.69, 9.17) is 21.4 Å². The first-order valence-electron chi connectivity index (χ1n) is 6.71. The minimum Gasteiger partial charge on any atom is -0.492 e. The van der Waals surface area contributed by atoms with Crippen molar-refractivity contribution in [2.45, 2.75) is 32.7 Å². The number of halogens is 1. The SMILES string of the molecule is CCOc1cc(Cl)ccc1NC(=O)NC(CC)CCO. The standard InChI is InChI=1S/C14H21ClN2O3/c1-3-11(7-8-18)16-14(19)17-12-6-5-10(15)9-13(12)20-4-2/h5-6,9,11,18H,3-4,7-8H2,1-2H3,(H2,16,17,19). The van der Waals surface area contributed by atoms with E-state index in [1.165, 1.54) is 0 Å². The van der Waals surface area contributed by atoms with Gasteiger partial charge in [-0.15, -0.1) is 0 Å². The number of carbonyl (C=O) groups is 1. The number of aliphatic hydroxyl groups excluding tert-OH is 1. The third-order valence-electron chi connectivity index (χ3n) is 2.80. The van der Waals surface area contributed by atoms with Crippen molar-refractivity contribution in [3.05, 3.63) is 23.2 Å². The monoisotopic (exact) mass is 300 g/mol. The van der Waals surface area contributed by atoms with Crippen LogP contribution in [0.2, 0.25) is 5.02 Å². The summed E-state index contributed by atoms with van der Waals surface area (Å²) in [7, 11) is 0. The maximum Gasteiger partial charge on any atom is 0.319 e. The number of urea groups is 1. The topological polar surface area (TPSA) is 70.6 Å². The highest BCUT2D eigenvalue weighted by atomic mass is 35.5. The van der Waals surface area contributed by atoms with E-state index < -0.39 is 0 Å². The van der Waals surface area contributed by atoms with Crippen molar-refractivity contribution in [3.63, 3.8) is 0 Å². The van der Waals surface area contributed by atoms with Gasteiger partial charge in [-0.3, -0.25) is 0 Å². The molecule has 0 saturated carbocycles. The highest BCUT2D eigenvalue weighted by Gasteiger charge is 2.12. The number of carbonyl (C=O) groups excluding carboxylic acids is 1. The molecule has 0 aliphatic heterocycles. The van der Waals surface area contributed by atoms with Crippen molar-refractivity contribution in [1.29, 1.82) is 0 Å². The van der Waals surface area contributed by atoms with Gasteiger partial charge in [0.15, 0.2) is 0 Å². The van der Waals surface area contributed by atoms with Gasteiger partial charge in [-0.1, -0.05) is 18.5 Å². The molecule has 0 radical (unpaired) electrons. The van der Waals surface area contributed by atoms with Crippen molar-refractivity contribution in [3.8, 4) is 5.75 Å². The molecule has 0 aromatic heterocycles. The van der Waals surface area contributed by atoms with E-state index in [-0.39, 0.29) is 18.7 Å². The fourth-order valence-electron chi connectivity index (χ4n) is 1.75. The molecule has 0 spiro atoms. The summed E-state index contributed by atoms with van der Waals surface area (Å²) in [5, 5.41) is 15.0. The first-order chi connectivity index (χ1) is 9.60. The number of nitrogens with one attached hydrogen (secondary N) is 2. The van der Waals surface area contributed by atoms with Gasteiger partial charge < -0.3 is 20.5 Å². The maximum atomic E-state index is 11.9. The van der Waals surface area contributed by atoms with Gasteiger partial charge in [-0.2, -0.15) is 0 Å². The molecular formula is C14H21ClN2O3. The van der Waals surface area contributed by atoms with Gasteiger partial charge in [0.25, 0.3) is 0 Å². The first kappa shape index (κ1) is 16.6. The number of anilines is 1. The third kappa shape index (κ3) is 5.27. The minimum absolute atomic E-state index is 0.0456. The largest absolute Gasteiger partial charge is 0.492 e. The van der Waals surface area contributed by atoms with E-state index in [2.05, 4.69) is 10.6 Å². The Labute approximate surface area is 124 Å². The van der Waals surface area contributed by atoms with Crippen LogP contribution in [0.1, 0.15) is 26.7 Å². The molecule has 0 saturated heterocycles. The predicted octanol–water partition coefficient (Wildman–Crippen LogP) is 3.02. The summed E-state index contributed by atoms with van der Waals surface area (Å²) in [6.45, 7) is 4.34. The molecule has 2 amide bonds. The van der Waals surface area contributed by atoms with Gasteiger partial charge in [-0.05, 0) is 31.9 Å². The Morgan fingerprint density at radius 3 is 2.80 bits per heavy atom. The lowest BCUT2D eigenvalue weighted by atomic mass is 10.2. The Morgan fingerprint density at radius 1 is 1.45 bits per heavy atom. The summed E-state index contributed by atoms with van der Waals surface area (Å²) in [5.41, 5.74) is 0.563. The molecule has 5 nitrogen and oxygen atoms in total. The number of rotatable bonds is 7.